The predicted molar refractivity (Wildman–Crippen MR) is 90.4 cm³/mol. The molecule has 1 aromatic heterocycles. The number of aromatic amines is 1. The van der Waals surface area contributed by atoms with E-state index in [1.807, 2.05) is 49.4 Å². The van der Waals surface area contributed by atoms with Crippen LogP contribution in [0.15, 0.2) is 42.5 Å². The topological polar surface area (TPSA) is 44.9 Å². The largest absolute Gasteiger partial charge is 0.358 e. The van der Waals surface area contributed by atoms with E-state index < -0.39 is 0 Å². The highest BCUT2D eigenvalue weighted by molar-refractivity contribution is 6.30. The van der Waals surface area contributed by atoms with Gasteiger partial charge in [-0.3, -0.25) is 4.79 Å². The number of halogens is 1. The van der Waals surface area contributed by atoms with Crippen molar-refractivity contribution < 1.29 is 4.79 Å². The summed E-state index contributed by atoms with van der Waals surface area (Å²) in [5.74, 6) is -0.0832. The molecule has 1 heterocycles. The van der Waals surface area contributed by atoms with Gasteiger partial charge in [-0.15, -0.1) is 0 Å². The van der Waals surface area contributed by atoms with Gasteiger partial charge in [-0.25, -0.2) is 0 Å². The van der Waals surface area contributed by atoms with Gasteiger partial charge in [-0.05, 0) is 55.3 Å². The first-order valence-corrected chi connectivity index (χ1v) is 7.54. The molecule has 3 nitrogen and oxygen atoms in total. The van der Waals surface area contributed by atoms with E-state index in [1.165, 1.54) is 5.56 Å². The number of nitrogens with one attached hydrogen (secondary N) is 2. The number of carbonyl (C=O) groups is 1. The zero-order valence-corrected chi connectivity index (χ0v) is 13.3. The SMILES string of the molecule is Cc1[nH]c2ccc(C(=O)NCc3cccc(Cl)c3)cc2c1C. The van der Waals surface area contributed by atoms with Crippen molar-refractivity contribution in [2.75, 3.05) is 0 Å². The van der Waals surface area contributed by atoms with Crippen molar-refractivity contribution >= 4 is 28.4 Å². The first-order valence-electron chi connectivity index (χ1n) is 7.16. The number of aromatic nitrogens is 1. The van der Waals surface area contributed by atoms with Crippen LogP contribution >= 0.6 is 11.6 Å². The lowest BCUT2D eigenvalue weighted by Crippen LogP contribution is -2.22. The Labute approximate surface area is 134 Å². The third-order valence-corrected chi connectivity index (χ3v) is 4.15. The number of carbonyl (C=O) groups excluding carboxylic acids is 1. The molecule has 0 aliphatic carbocycles. The Morgan fingerprint density at radius 1 is 1.18 bits per heavy atom. The van der Waals surface area contributed by atoms with E-state index in [1.54, 1.807) is 0 Å². The maximum atomic E-state index is 12.3. The summed E-state index contributed by atoms with van der Waals surface area (Å²) in [6.45, 7) is 4.55. The van der Waals surface area contributed by atoms with E-state index >= 15 is 0 Å². The lowest BCUT2D eigenvalue weighted by atomic mass is 10.1. The molecule has 4 heteroatoms. The molecule has 0 atom stereocenters. The van der Waals surface area contributed by atoms with Gasteiger partial charge in [0.25, 0.3) is 5.91 Å². The molecule has 0 unspecified atom stereocenters. The van der Waals surface area contributed by atoms with Gasteiger partial charge in [0.15, 0.2) is 0 Å². The van der Waals surface area contributed by atoms with Crippen LogP contribution in [0, 0.1) is 13.8 Å². The third-order valence-electron chi connectivity index (χ3n) is 3.91. The standard InChI is InChI=1S/C18H17ClN2O/c1-11-12(2)21-17-7-6-14(9-16(11)17)18(22)20-10-13-4-3-5-15(19)8-13/h3-9,21H,10H2,1-2H3,(H,20,22). The van der Waals surface area contributed by atoms with Crippen LogP contribution in [0.2, 0.25) is 5.02 Å². The third kappa shape index (κ3) is 2.85. The van der Waals surface area contributed by atoms with Crippen molar-refractivity contribution in [3.63, 3.8) is 0 Å². The molecule has 1 amide bonds. The van der Waals surface area contributed by atoms with Crippen LogP contribution in [-0.4, -0.2) is 10.9 Å². The minimum Gasteiger partial charge on any atom is -0.358 e. The molecular formula is C18H17ClN2O. The lowest BCUT2D eigenvalue weighted by molar-refractivity contribution is 0.0951. The number of aryl methyl sites for hydroxylation is 2. The van der Waals surface area contributed by atoms with Crippen molar-refractivity contribution in [2.45, 2.75) is 20.4 Å². The van der Waals surface area contributed by atoms with E-state index in [0.717, 1.165) is 22.2 Å². The summed E-state index contributed by atoms with van der Waals surface area (Å²) >= 11 is 5.95. The number of hydrogen-bond acceptors (Lipinski definition) is 1. The summed E-state index contributed by atoms with van der Waals surface area (Å²) in [4.78, 5) is 15.6. The fourth-order valence-corrected chi connectivity index (χ4v) is 2.75. The minimum absolute atomic E-state index is 0.0832. The second kappa shape index (κ2) is 5.85. The second-order valence-corrected chi connectivity index (χ2v) is 5.88. The Balaban J connectivity index is 1.78. The maximum Gasteiger partial charge on any atom is 0.251 e. The van der Waals surface area contributed by atoms with Crippen molar-refractivity contribution in [1.29, 1.82) is 0 Å². The zero-order valence-electron chi connectivity index (χ0n) is 12.5. The molecule has 0 fully saturated rings. The number of rotatable bonds is 3. The average molecular weight is 313 g/mol. The van der Waals surface area contributed by atoms with Crippen molar-refractivity contribution in [1.82, 2.24) is 10.3 Å². The van der Waals surface area contributed by atoms with E-state index in [4.69, 9.17) is 11.6 Å². The highest BCUT2D eigenvalue weighted by atomic mass is 35.5. The molecule has 0 saturated heterocycles. The molecule has 0 radical (unpaired) electrons. The van der Waals surface area contributed by atoms with Crippen molar-refractivity contribution in [2.24, 2.45) is 0 Å². The number of amides is 1. The summed E-state index contributed by atoms with van der Waals surface area (Å²) in [5.41, 5.74) is 5.01. The molecule has 0 bridgehead atoms. The van der Waals surface area contributed by atoms with Crippen LogP contribution in [0.5, 0.6) is 0 Å². The molecule has 3 aromatic rings. The van der Waals surface area contributed by atoms with Crippen molar-refractivity contribution in [3.8, 4) is 0 Å². The van der Waals surface area contributed by atoms with Gasteiger partial charge in [0, 0.05) is 33.7 Å². The Morgan fingerprint density at radius 3 is 2.77 bits per heavy atom. The molecule has 0 saturated carbocycles. The smallest absolute Gasteiger partial charge is 0.251 e. The van der Waals surface area contributed by atoms with Gasteiger partial charge in [-0.2, -0.15) is 0 Å². The average Bonchev–Trinajstić information content (AvgIpc) is 2.79. The van der Waals surface area contributed by atoms with Crippen LogP contribution < -0.4 is 5.32 Å². The van der Waals surface area contributed by atoms with Crippen LogP contribution in [-0.2, 0) is 6.54 Å². The number of fused-ring (bicyclic) bond motifs is 1. The Bertz CT molecular complexity index is 851. The monoisotopic (exact) mass is 312 g/mol. The van der Waals surface area contributed by atoms with Gasteiger partial charge in [-0.1, -0.05) is 23.7 Å². The Hall–Kier alpha value is -2.26. The van der Waals surface area contributed by atoms with Crippen LogP contribution in [0.3, 0.4) is 0 Å². The van der Waals surface area contributed by atoms with Gasteiger partial charge in [0.2, 0.25) is 0 Å². The number of hydrogen-bond donors (Lipinski definition) is 2. The van der Waals surface area contributed by atoms with E-state index in [-0.39, 0.29) is 5.91 Å². The summed E-state index contributed by atoms with van der Waals surface area (Å²) in [7, 11) is 0. The van der Waals surface area contributed by atoms with Crippen molar-refractivity contribution in [3.05, 3.63) is 69.9 Å². The molecule has 0 spiro atoms. The molecule has 22 heavy (non-hydrogen) atoms. The fourth-order valence-electron chi connectivity index (χ4n) is 2.53. The van der Waals surface area contributed by atoms with Gasteiger partial charge in [0.05, 0.1) is 0 Å². The summed E-state index contributed by atoms with van der Waals surface area (Å²) < 4.78 is 0. The van der Waals surface area contributed by atoms with Crippen LogP contribution in [0.25, 0.3) is 10.9 Å². The lowest BCUT2D eigenvalue weighted by Gasteiger charge is -2.06. The zero-order chi connectivity index (χ0) is 15.7. The van der Waals surface area contributed by atoms with Gasteiger partial charge < -0.3 is 10.3 Å². The Kier molecular flexibility index (Phi) is 3.90. The number of benzene rings is 2. The first-order chi connectivity index (χ1) is 10.5. The Morgan fingerprint density at radius 2 is 2.00 bits per heavy atom. The summed E-state index contributed by atoms with van der Waals surface area (Å²) in [6, 6.07) is 13.2. The molecule has 2 N–H and O–H groups in total. The molecule has 0 aliphatic rings. The molecule has 2 aromatic carbocycles. The minimum atomic E-state index is -0.0832. The highest BCUT2D eigenvalue weighted by Crippen LogP contribution is 2.22. The second-order valence-electron chi connectivity index (χ2n) is 5.45. The molecule has 3 rings (SSSR count). The summed E-state index contributed by atoms with van der Waals surface area (Å²) in [6.07, 6.45) is 0. The van der Waals surface area contributed by atoms with Crippen LogP contribution in [0.1, 0.15) is 27.2 Å². The van der Waals surface area contributed by atoms with Crippen LogP contribution in [0.4, 0.5) is 0 Å². The molecule has 0 aliphatic heterocycles. The van der Waals surface area contributed by atoms with E-state index in [2.05, 4.69) is 17.2 Å². The highest BCUT2D eigenvalue weighted by Gasteiger charge is 2.09. The first kappa shape index (κ1) is 14.7. The normalized spacial score (nSPS) is 10.9. The molecular weight excluding hydrogens is 296 g/mol. The fraction of sp³-hybridized carbons (Fsp3) is 0.167. The predicted octanol–water partition coefficient (Wildman–Crippen LogP) is 4.37. The number of H-pyrrole nitrogens is 1. The maximum absolute atomic E-state index is 12.3. The molecule has 112 valence electrons. The summed E-state index contributed by atoms with van der Waals surface area (Å²) in [5, 5.41) is 4.69. The van der Waals surface area contributed by atoms with E-state index in [9.17, 15) is 4.79 Å². The van der Waals surface area contributed by atoms with Gasteiger partial charge in [0.1, 0.15) is 0 Å². The quantitative estimate of drug-likeness (QED) is 0.741. The van der Waals surface area contributed by atoms with Gasteiger partial charge >= 0.3 is 0 Å². The van der Waals surface area contributed by atoms with E-state index in [0.29, 0.717) is 17.1 Å².